The Hall–Kier alpha value is -2.98. The van der Waals surface area contributed by atoms with E-state index in [2.05, 4.69) is 12.1 Å². The van der Waals surface area contributed by atoms with Crippen LogP contribution in [0.2, 0.25) is 5.02 Å². The first kappa shape index (κ1) is 18.4. The number of carbonyl (C=O) groups excluding carboxylic acids is 1. The van der Waals surface area contributed by atoms with E-state index >= 15 is 0 Å². The third-order valence-corrected chi connectivity index (χ3v) is 4.75. The van der Waals surface area contributed by atoms with Crippen molar-refractivity contribution in [1.29, 1.82) is 0 Å². The molecule has 0 atom stereocenters. The molecule has 0 spiro atoms. The molecule has 0 unspecified atom stereocenters. The molecule has 0 N–H and O–H groups in total. The number of rotatable bonds is 5. The highest BCUT2D eigenvalue weighted by Gasteiger charge is 2.17. The third-order valence-electron chi connectivity index (χ3n) is 4.47. The first-order valence-corrected chi connectivity index (χ1v) is 9.45. The highest BCUT2D eigenvalue weighted by atomic mass is 35.5. The first-order chi connectivity index (χ1) is 13.7. The third kappa shape index (κ3) is 4.29. The fraction of sp³-hybridized carbons (Fsp3) is 0.174. The minimum absolute atomic E-state index is 0.136. The summed E-state index contributed by atoms with van der Waals surface area (Å²) in [5.41, 5.74) is 3.93. The topological polar surface area (TPSA) is 44.8 Å². The van der Waals surface area contributed by atoms with E-state index < -0.39 is 0 Å². The summed E-state index contributed by atoms with van der Waals surface area (Å²) in [4.78, 5) is 12.2. The van der Waals surface area contributed by atoms with Gasteiger partial charge in [0.05, 0.1) is 11.4 Å². The average molecular weight is 395 g/mol. The maximum atomic E-state index is 12.2. The predicted molar refractivity (Wildman–Crippen MR) is 108 cm³/mol. The van der Waals surface area contributed by atoms with E-state index in [1.54, 1.807) is 12.1 Å². The van der Waals surface area contributed by atoms with Crippen molar-refractivity contribution in [2.75, 3.05) is 13.2 Å². The van der Waals surface area contributed by atoms with Crippen LogP contribution in [-0.2, 0) is 22.6 Å². The van der Waals surface area contributed by atoms with E-state index in [0.29, 0.717) is 29.7 Å². The second-order valence-corrected chi connectivity index (χ2v) is 6.91. The lowest BCUT2D eigenvalue weighted by atomic mass is 10.0. The maximum absolute atomic E-state index is 12.2. The van der Waals surface area contributed by atoms with E-state index in [0.717, 1.165) is 22.3 Å². The number of halogens is 1. The average Bonchev–Trinajstić information content (AvgIpc) is 2.73. The minimum atomic E-state index is -0.293. The van der Waals surface area contributed by atoms with Crippen molar-refractivity contribution >= 4 is 17.6 Å². The van der Waals surface area contributed by atoms with Gasteiger partial charge < -0.3 is 14.2 Å². The monoisotopic (exact) mass is 394 g/mol. The minimum Gasteiger partial charge on any atom is -0.486 e. The standard InChI is InChI=1S/C23H19ClO4/c24-20-12-17(13-21-23(20)27-11-10-26-21)15-28-22(25)14-16-6-8-19(9-7-16)18-4-2-1-3-5-18/h1-9,12-13H,10-11,14-15H2. The summed E-state index contributed by atoms with van der Waals surface area (Å²) < 4.78 is 16.4. The second kappa shape index (κ2) is 8.36. The lowest BCUT2D eigenvalue weighted by Crippen LogP contribution is -2.16. The molecule has 1 aliphatic rings. The summed E-state index contributed by atoms with van der Waals surface area (Å²) in [6.07, 6.45) is 0.216. The van der Waals surface area contributed by atoms with Gasteiger partial charge in [-0.25, -0.2) is 0 Å². The summed E-state index contributed by atoms with van der Waals surface area (Å²) in [5.74, 6) is 0.835. The molecule has 0 saturated carbocycles. The van der Waals surface area contributed by atoms with Crippen molar-refractivity contribution in [3.05, 3.63) is 82.9 Å². The first-order valence-electron chi connectivity index (χ1n) is 9.07. The van der Waals surface area contributed by atoms with Gasteiger partial charge in [0, 0.05) is 0 Å². The Labute approximate surface area is 168 Å². The van der Waals surface area contributed by atoms with Gasteiger partial charge in [-0.2, -0.15) is 0 Å². The van der Waals surface area contributed by atoms with Gasteiger partial charge in [-0.1, -0.05) is 66.2 Å². The zero-order valence-electron chi connectivity index (χ0n) is 15.2. The van der Waals surface area contributed by atoms with Crippen LogP contribution in [0.15, 0.2) is 66.7 Å². The van der Waals surface area contributed by atoms with Gasteiger partial charge in [-0.3, -0.25) is 4.79 Å². The molecule has 4 rings (SSSR count). The van der Waals surface area contributed by atoms with Crippen molar-refractivity contribution in [1.82, 2.24) is 0 Å². The van der Waals surface area contributed by atoms with Crippen LogP contribution in [0.3, 0.4) is 0 Å². The molecule has 5 heteroatoms. The highest BCUT2D eigenvalue weighted by molar-refractivity contribution is 6.32. The molecule has 1 aliphatic heterocycles. The van der Waals surface area contributed by atoms with Crippen molar-refractivity contribution in [2.24, 2.45) is 0 Å². The number of esters is 1. The van der Waals surface area contributed by atoms with E-state index in [-0.39, 0.29) is 19.0 Å². The summed E-state index contributed by atoms with van der Waals surface area (Å²) >= 11 is 6.21. The van der Waals surface area contributed by atoms with Crippen molar-refractivity contribution in [3.63, 3.8) is 0 Å². The predicted octanol–water partition coefficient (Wildman–Crippen LogP) is 5.06. The number of hydrogen-bond acceptors (Lipinski definition) is 4. The van der Waals surface area contributed by atoms with E-state index in [4.69, 9.17) is 25.8 Å². The summed E-state index contributed by atoms with van der Waals surface area (Å²) in [5, 5.41) is 0.458. The molecule has 1 heterocycles. The SMILES string of the molecule is O=C(Cc1ccc(-c2ccccc2)cc1)OCc1cc(Cl)c2c(c1)OCCO2. The Morgan fingerprint density at radius 2 is 1.61 bits per heavy atom. The summed E-state index contributed by atoms with van der Waals surface area (Å²) in [7, 11) is 0. The Balaban J connectivity index is 1.35. The van der Waals surface area contributed by atoms with Gasteiger partial charge in [0.1, 0.15) is 19.8 Å². The molecule has 28 heavy (non-hydrogen) atoms. The number of hydrogen-bond donors (Lipinski definition) is 0. The van der Waals surface area contributed by atoms with Gasteiger partial charge in [-0.15, -0.1) is 0 Å². The fourth-order valence-electron chi connectivity index (χ4n) is 3.07. The van der Waals surface area contributed by atoms with Crippen LogP contribution in [0.5, 0.6) is 11.5 Å². The number of ether oxygens (including phenoxy) is 3. The van der Waals surface area contributed by atoms with E-state index in [1.807, 2.05) is 42.5 Å². The Morgan fingerprint density at radius 3 is 2.39 bits per heavy atom. The van der Waals surface area contributed by atoms with E-state index in [9.17, 15) is 4.79 Å². The van der Waals surface area contributed by atoms with Gasteiger partial charge >= 0.3 is 5.97 Å². The lowest BCUT2D eigenvalue weighted by Gasteiger charge is -2.20. The Bertz CT molecular complexity index is 968. The molecule has 0 amide bonds. The van der Waals surface area contributed by atoms with Crippen LogP contribution >= 0.6 is 11.6 Å². The van der Waals surface area contributed by atoms with Gasteiger partial charge in [-0.05, 0) is 34.4 Å². The zero-order chi connectivity index (χ0) is 19.3. The van der Waals surface area contributed by atoms with Gasteiger partial charge in [0.2, 0.25) is 0 Å². The highest BCUT2D eigenvalue weighted by Crippen LogP contribution is 2.38. The van der Waals surface area contributed by atoms with Crippen LogP contribution in [0.25, 0.3) is 11.1 Å². The molecule has 142 valence electrons. The number of carbonyl (C=O) groups is 1. The molecular weight excluding hydrogens is 376 g/mol. The quantitative estimate of drug-likeness (QED) is 0.567. The van der Waals surface area contributed by atoms with Crippen LogP contribution in [0.1, 0.15) is 11.1 Å². The summed E-state index contributed by atoms with van der Waals surface area (Å²) in [6.45, 7) is 1.09. The van der Waals surface area contributed by atoms with Crippen molar-refractivity contribution < 1.29 is 19.0 Å². The summed E-state index contributed by atoms with van der Waals surface area (Å²) in [6, 6.07) is 21.6. The van der Waals surface area contributed by atoms with Gasteiger partial charge in [0.15, 0.2) is 11.5 Å². The number of fused-ring (bicyclic) bond motifs is 1. The lowest BCUT2D eigenvalue weighted by molar-refractivity contribution is -0.144. The van der Waals surface area contributed by atoms with E-state index in [1.165, 1.54) is 0 Å². The van der Waals surface area contributed by atoms with Gasteiger partial charge in [0.25, 0.3) is 0 Å². The zero-order valence-corrected chi connectivity index (χ0v) is 15.9. The van der Waals surface area contributed by atoms with Crippen LogP contribution in [-0.4, -0.2) is 19.2 Å². The van der Waals surface area contributed by atoms with Crippen LogP contribution < -0.4 is 9.47 Å². The van der Waals surface area contributed by atoms with Crippen molar-refractivity contribution in [3.8, 4) is 22.6 Å². The number of benzene rings is 3. The molecule has 3 aromatic rings. The van der Waals surface area contributed by atoms with Crippen LogP contribution in [0.4, 0.5) is 0 Å². The molecule has 0 bridgehead atoms. The molecule has 0 saturated heterocycles. The molecule has 0 fully saturated rings. The second-order valence-electron chi connectivity index (χ2n) is 6.50. The maximum Gasteiger partial charge on any atom is 0.310 e. The largest absolute Gasteiger partial charge is 0.486 e. The molecule has 0 radical (unpaired) electrons. The molecule has 0 aromatic heterocycles. The fourth-order valence-corrected chi connectivity index (χ4v) is 3.36. The molecule has 3 aromatic carbocycles. The Kier molecular flexibility index (Phi) is 5.49. The van der Waals surface area contributed by atoms with Crippen LogP contribution in [0, 0.1) is 0 Å². The normalized spacial score (nSPS) is 12.5. The molecule has 0 aliphatic carbocycles. The molecular formula is C23H19ClO4. The molecule has 4 nitrogen and oxygen atoms in total. The smallest absolute Gasteiger partial charge is 0.310 e. The van der Waals surface area contributed by atoms with Crippen molar-refractivity contribution in [2.45, 2.75) is 13.0 Å². The Morgan fingerprint density at radius 1 is 0.893 bits per heavy atom.